The minimum Gasteiger partial charge on any atom is -0.459 e. The van der Waals surface area contributed by atoms with Gasteiger partial charge in [-0.15, -0.1) is 0 Å². The molecule has 0 saturated carbocycles. The number of ether oxygens (including phenoxy) is 1. The highest BCUT2D eigenvalue weighted by molar-refractivity contribution is 5.89. The smallest absolute Gasteiger partial charge is 0.384 e. The molecule has 2 rings (SSSR count). The summed E-state index contributed by atoms with van der Waals surface area (Å²) >= 11 is 0. The highest BCUT2D eigenvalue weighted by Gasteiger charge is 1.95. The number of nitrogens with one attached hydrogen (secondary N) is 1. The fourth-order valence-corrected chi connectivity index (χ4v) is 1.31. The number of fused-ring (bicyclic) bond motifs is 1. The summed E-state index contributed by atoms with van der Waals surface area (Å²) in [5, 5.41) is 1.08. The second kappa shape index (κ2) is 3.89. The number of methoxy groups -OCH3 is 1. The van der Waals surface area contributed by atoms with E-state index in [0.29, 0.717) is 0 Å². The summed E-state index contributed by atoms with van der Waals surface area (Å²) in [5.41, 5.74) is 1.85. The van der Waals surface area contributed by atoms with E-state index in [1.165, 1.54) is 7.11 Å². The molecule has 0 saturated heterocycles. The molecule has 0 radical (unpaired) electrons. The molecular formula is C12H9NO2. The summed E-state index contributed by atoms with van der Waals surface area (Å²) in [7, 11) is 1.31. The molecule has 3 nitrogen and oxygen atoms in total. The van der Waals surface area contributed by atoms with E-state index in [9.17, 15) is 4.79 Å². The van der Waals surface area contributed by atoms with Crippen molar-refractivity contribution in [1.29, 1.82) is 0 Å². The molecule has 1 aromatic heterocycles. The van der Waals surface area contributed by atoms with Crippen LogP contribution in [-0.2, 0) is 9.53 Å². The van der Waals surface area contributed by atoms with Crippen LogP contribution >= 0.6 is 0 Å². The van der Waals surface area contributed by atoms with E-state index in [1.54, 1.807) is 0 Å². The van der Waals surface area contributed by atoms with Gasteiger partial charge in [0.25, 0.3) is 0 Å². The Balaban J connectivity index is 2.35. The van der Waals surface area contributed by atoms with E-state index in [4.69, 9.17) is 0 Å². The van der Waals surface area contributed by atoms with Gasteiger partial charge in [-0.2, -0.15) is 0 Å². The zero-order valence-electron chi connectivity index (χ0n) is 8.20. The van der Waals surface area contributed by atoms with Gasteiger partial charge < -0.3 is 9.72 Å². The third-order valence-corrected chi connectivity index (χ3v) is 2.05. The molecule has 0 spiro atoms. The average Bonchev–Trinajstić information content (AvgIpc) is 2.72. The fourth-order valence-electron chi connectivity index (χ4n) is 1.31. The minimum atomic E-state index is -0.524. The SMILES string of the molecule is COC(=O)C#Cc1ccc2[nH]ccc2c1. The third kappa shape index (κ3) is 2.00. The average molecular weight is 199 g/mol. The minimum absolute atomic E-state index is 0.524. The van der Waals surface area contributed by atoms with Crippen LogP contribution in [0, 0.1) is 11.8 Å². The van der Waals surface area contributed by atoms with Crippen LogP contribution in [-0.4, -0.2) is 18.1 Å². The van der Waals surface area contributed by atoms with Gasteiger partial charge in [-0.3, -0.25) is 0 Å². The number of rotatable bonds is 0. The third-order valence-electron chi connectivity index (χ3n) is 2.05. The van der Waals surface area contributed by atoms with Gasteiger partial charge in [0.2, 0.25) is 0 Å². The van der Waals surface area contributed by atoms with E-state index in [-0.39, 0.29) is 0 Å². The highest BCUT2D eigenvalue weighted by atomic mass is 16.5. The first kappa shape index (κ1) is 9.35. The van der Waals surface area contributed by atoms with Crippen LogP contribution in [0.2, 0.25) is 0 Å². The number of hydrogen-bond acceptors (Lipinski definition) is 2. The number of carbonyl (C=O) groups excluding carboxylic acids is 1. The molecule has 0 bridgehead atoms. The predicted octanol–water partition coefficient (Wildman–Crippen LogP) is 1.69. The zero-order valence-corrected chi connectivity index (χ0v) is 8.20. The summed E-state index contributed by atoms with van der Waals surface area (Å²) in [5.74, 6) is 4.60. The lowest BCUT2D eigenvalue weighted by atomic mass is 10.1. The Labute approximate surface area is 87.1 Å². The van der Waals surface area contributed by atoms with Crippen molar-refractivity contribution in [1.82, 2.24) is 4.98 Å². The Bertz CT molecular complexity index is 557. The maximum atomic E-state index is 10.8. The summed E-state index contributed by atoms with van der Waals surface area (Å²) in [6, 6.07) is 7.66. The zero-order chi connectivity index (χ0) is 10.7. The lowest BCUT2D eigenvalue weighted by Crippen LogP contribution is -1.94. The van der Waals surface area contributed by atoms with Crippen molar-refractivity contribution in [3.8, 4) is 11.8 Å². The monoisotopic (exact) mass is 199 g/mol. The van der Waals surface area contributed by atoms with Crippen LogP contribution in [0.4, 0.5) is 0 Å². The van der Waals surface area contributed by atoms with Crippen molar-refractivity contribution < 1.29 is 9.53 Å². The molecule has 0 atom stereocenters. The van der Waals surface area contributed by atoms with Crippen LogP contribution in [0.3, 0.4) is 0 Å². The van der Waals surface area contributed by atoms with Gasteiger partial charge in [0.1, 0.15) is 0 Å². The summed E-state index contributed by atoms with van der Waals surface area (Å²) in [6.07, 6.45) is 1.86. The Morgan fingerprint density at radius 2 is 2.27 bits per heavy atom. The lowest BCUT2D eigenvalue weighted by molar-refractivity contribution is -0.133. The molecule has 1 heterocycles. The van der Waals surface area contributed by atoms with Crippen molar-refractivity contribution in [3.05, 3.63) is 36.0 Å². The molecule has 3 heteroatoms. The van der Waals surface area contributed by atoms with Crippen LogP contribution in [0.5, 0.6) is 0 Å². The number of hydrogen-bond donors (Lipinski definition) is 1. The normalized spacial score (nSPS) is 9.40. The molecule has 1 aromatic carbocycles. The topological polar surface area (TPSA) is 42.1 Å². The Kier molecular flexibility index (Phi) is 2.42. The Hall–Kier alpha value is -2.21. The van der Waals surface area contributed by atoms with Crippen LogP contribution in [0.15, 0.2) is 30.5 Å². The first-order chi connectivity index (χ1) is 7.29. The fraction of sp³-hybridized carbons (Fsp3) is 0.0833. The molecule has 0 fully saturated rings. The van der Waals surface area contributed by atoms with E-state index in [1.807, 2.05) is 30.5 Å². The standard InChI is InChI=1S/C12H9NO2/c1-15-12(14)5-3-9-2-4-11-10(8-9)6-7-13-11/h2,4,6-8,13H,1H3. The Morgan fingerprint density at radius 3 is 3.07 bits per heavy atom. The number of benzene rings is 1. The first-order valence-electron chi connectivity index (χ1n) is 4.47. The molecule has 0 aliphatic carbocycles. The molecule has 2 aromatic rings. The van der Waals surface area contributed by atoms with E-state index >= 15 is 0 Å². The van der Waals surface area contributed by atoms with E-state index < -0.39 is 5.97 Å². The number of aromatic amines is 1. The van der Waals surface area contributed by atoms with Crippen molar-refractivity contribution in [3.63, 3.8) is 0 Å². The first-order valence-corrected chi connectivity index (χ1v) is 4.47. The van der Waals surface area contributed by atoms with Crippen molar-refractivity contribution in [2.24, 2.45) is 0 Å². The number of aromatic nitrogens is 1. The number of carbonyl (C=O) groups is 1. The second-order valence-electron chi connectivity index (χ2n) is 3.02. The van der Waals surface area contributed by atoms with Gasteiger partial charge >= 0.3 is 5.97 Å². The summed E-state index contributed by atoms with van der Waals surface area (Å²) in [6.45, 7) is 0. The predicted molar refractivity (Wildman–Crippen MR) is 57.2 cm³/mol. The van der Waals surface area contributed by atoms with Gasteiger partial charge in [-0.05, 0) is 24.3 Å². The molecule has 1 N–H and O–H groups in total. The van der Waals surface area contributed by atoms with E-state index in [0.717, 1.165) is 16.5 Å². The van der Waals surface area contributed by atoms with Crippen molar-refractivity contribution >= 4 is 16.9 Å². The van der Waals surface area contributed by atoms with Crippen molar-refractivity contribution in [2.45, 2.75) is 0 Å². The quantitative estimate of drug-likeness (QED) is 0.518. The lowest BCUT2D eigenvalue weighted by Gasteiger charge is -1.91. The van der Waals surface area contributed by atoms with Crippen LogP contribution in [0.25, 0.3) is 10.9 Å². The van der Waals surface area contributed by atoms with Gasteiger partial charge in [0.15, 0.2) is 0 Å². The molecule has 0 aliphatic rings. The maximum Gasteiger partial charge on any atom is 0.384 e. The number of H-pyrrole nitrogens is 1. The molecular weight excluding hydrogens is 190 g/mol. The molecule has 74 valence electrons. The molecule has 0 aliphatic heterocycles. The van der Waals surface area contributed by atoms with Gasteiger partial charge in [0, 0.05) is 28.6 Å². The van der Waals surface area contributed by atoms with Gasteiger partial charge in [-0.1, -0.05) is 5.92 Å². The van der Waals surface area contributed by atoms with E-state index in [2.05, 4.69) is 21.6 Å². The molecule has 0 amide bonds. The van der Waals surface area contributed by atoms with Crippen LogP contribution < -0.4 is 0 Å². The Morgan fingerprint density at radius 1 is 1.40 bits per heavy atom. The number of esters is 1. The largest absolute Gasteiger partial charge is 0.459 e. The van der Waals surface area contributed by atoms with Crippen LogP contribution in [0.1, 0.15) is 5.56 Å². The second-order valence-corrected chi connectivity index (χ2v) is 3.02. The molecule has 15 heavy (non-hydrogen) atoms. The molecule has 0 unspecified atom stereocenters. The summed E-state index contributed by atoms with van der Waals surface area (Å²) < 4.78 is 4.43. The highest BCUT2D eigenvalue weighted by Crippen LogP contribution is 2.13. The van der Waals surface area contributed by atoms with Gasteiger partial charge in [0.05, 0.1) is 7.11 Å². The van der Waals surface area contributed by atoms with Gasteiger partial charge in [-0.25, -0.2) is 4.79 Å². The summed E-state index contributed by atoms with van der Waals surface area (Å²) in [4.78, 5) is 13.9. The van der Waals surface area contributed by atoms with Crippen molar-refractivity contribution in [2.75, 3.05) is 7.11 Å². The maximum absolute atomic E-state index is 10.8.